The molecular formula is C29H22FN3O6S2. The van der Waals surface area contributed by atoms with E-state index in [1.54, 1.807) is 24.3 Å². The highest BCUT2D eigenvalue weighted by Crippen LogP contribution is 2.54. The molecule has 0 bridgehead atoms. The SMILES string of the molecule is COc1ccc(C2c3sc(=O)n(CC(=O)Nc4ccc(O)cc4)c3SC3C(=O)N(c4ccc(F)cc4)C(=O)C32)cc1. The maximum absolute atomic E-state index is 13.9. The van der Waals surface area contributed by atoms with Gasteiger partial charge in [0.1, 0.15) is 29.1 Å². The smallest absolute Gasteiger partial charge is 0.308 e. The number of rotatable bonds is 6. The minimum atomic E-state index is -0.868. The maximum Gasteiger partial charge on any atom is 0.308 e. The van der Waals surface area contributed by atoms with E-state index in [-0.39, 0.29) is 18.0 Å². The van der Waals surface area contributed by atoms with Crippen molar-refractivity contribution in [3.8, 4) is 11.5 Å². The largest absolute Gasteiger partial charge is 0.508 e. The van der Waals surface area contributed by atoms with Crippen LogP contribution in [-0.2, 0) is 20.9 Å². The van der Waals surface area contributed by atoms with Crippen LogP contribution in [0.15, 0.2) is 82.6 Å². The summed E-state index contributed by atoms with van der Waals surface area (Å²) in [6, 6.07) is 18.2. The second-order valence-corrected chi connectivity index (χ2v) is 11.6. The van der Waals surface area contributed by atoms with Gasteiger partial charge in [-0.2, -0.15) is 0 Å². The van der Waals surface area contributed by atoms with Crippen molar-refractivity contribution in [1.29, 1.82) is 0 Å². The molecule has 4 aromatic rings. The Morgan fingerprint density at radius 3 is 2.32 bits per heavy atom. The molecule has 3 amide bonds. The van der Waals surface area contributed by atoms with Gasteiger partial charge >= 0.3 is 4.87 Å². The highest BCUT2D eigenvalue weighted by molar-refractivity contribution is 8.00. The molecule has 3 atom stereocenters. The van der Waals surface area contributed by atoms with Gasteiger partial charge in [0.05, 0.1) is 23.7 Å². The molecule has 2 aliphatic heterocycles. The number of aromatic hydroxyl groups is 1. The summed E-state index contributed by atoms with van der Waals surface area (Å²) in [4.78, 5) is 55.0. The molecule has 1 saturated heterocycles. The third kappa shape index (κ3) is 4.78. The van der Waals surface area contributed by atoms with Gasteiger partial charge in [-0.1, -0.05) is 35.2 Å². The molecule has 0 aliphatic carbocycles. The van der Waals surface area contributed by atoms with Crippen LogP contribution in [0.1, 0.15) is 16.4 Å². The lowest BCUT2D eigenvalue weighted by Gasteiger charge is -2.30. The molecule has 6 rings (SSSR count). The number of carbonyl (C=O) groups excluding carboxylic acids is 3. The number of ether oxygens (including phenoxy) is 1. The molecule has 3 unspecified atom stereocenters. The predicted molar refractivity (Wildman–Crippen MR) is 152 cm³/mol. The number of hydrogen-bond acceptors (Lipinski definition) is 8. The molecule has 3 heterocycles. The van der Waals surface area contributed by atoms with Gasteiger partial charge in [-0.3, -0.25) is 23.7 Å². The fourth-order valence-corrected chi connectivity index (χ4v) is 7.93. The number of amides is 3. The summed E-state index contributed by atoms with van der Waals surface area (Å²) in [5.74, 6) is -2.68. The molecule has 208 valence electrons. The molecule has 1 aromatic heterocycles. The third-order valence-electron chi connectivity index (χ3n) is 7.06. The monoisotopic (exact) mass is 591 g/mol. The Morgan fingerprint density at radius 1 is 0.976 bits per heavy atom. The first kappa shape index (κ1) is 26.8. The number of thiazole rings is 1. The Balaban J connectivity index is 1.40. The first-order chi connectivity index (χ1) is 19.7. The number of fused-ring (bicyclic) bond motifs is 2. The van der Waals surface area contributed by atoms with Crippen molar-refractivity contribution in [2.24, 2.45) is 5.92 Å². The normalized spacial score (nSPS) is 19.6. The van der Waals surface area contributed by atoms with Crippen LogP contribution in [0.4, 0.5) is 15.8 Å². The van der Waals surface area contributed by atoms with Crippen LogP contribution in [0.25, 0.3) is 0 Å². The molecule has 2 N–H and O–H groups in total. The summed E-state index contributed by atoms with van der Waals surface area (Å²) in [6.07, 6.45) is 0. The van der Waals surface area contributed by atoms with E-state index < -0.39 is 45.5 Å². The van der Waals surface area contributed by atoms with Gasteiger partial charge in [0.15, 0.2) is 0 Å². The van der Waals surface area contributed by atoms with Crippen LogP contribution in [0.3, 0.4) is 0 Å². The predicted octanol–water partition coefficient (Wildman–Crippen LogP) is 4.20. The van der Waals surface area contributed by atoms with Crippen molar-refractivity contribution in [3.05, 3.63) is 98.7 Å². The van der Waals surface area contributed by atoms with E-state index in [9.17, 15) is 28.7 Å². The molecule has 0 saturated carbocycles. The molecule has 9 nitrogen and oxygen atoms in total. The number of thioether (sulfide) groups is 1. The van der Waals surface area contributed by atoms with E-state index in [0.717, 1.165) is 28.0 Å². The maximum atomic E-state index is 13.9. The van der Waals surface area contributed by atoms with Crippen molar-refractivity contribution < 1.29 is 28.6 Å². The van der Waals surface area contributed by atoms with Crippen LogP contribution in [-0.4, -0.2) is 39.8 Å². The van der Waals surface area contributed by atoms with Crippen LogP contribution in [0.5, 0.6) is 11.5 Å². The summed E-state index contributed by atoms with van der Waals surface area (Å²) in [7, 11) is 1.54. The zero-order chi connectivity index (χ0) is 28.8. The Labute approximate surface area is 241 Å². The van der Waals surface area contributed by atoms with Gasteiger partial charge < -0.3 is 15.2 Å². The number of anilines is 2. The zero-order valence-corrected chi connectivity index (χ0v) is 23.1. The number of carbonyl (C=O) groups is 3. The van der Waals surface area contributed by atoms with Gasteiger partial charge in [-0.25, -0.2) is 9.29 Å². The number of methoxy groups -OCH3 is 1. The number of phenolic OH excluding ortho intramolecular Hbond substituents is 1. The average molecular weight is 592 g/mol. The Bertz CT molecular complexity index is 1720. The van der Waals surface area contributed by atoms with E-state index in [0.29, 0.717) is 26.9 Å². The number of imide groups is 1. The first-order valence-corrected chi connectivity index (χ1v) is 14.2. The highest BCUT2D eigenvalue weighted by atomic mass is 32.2. The number of nitrogens with zero attached hydrogens (tertiary/aromatic N) is 2. The van der Waals surface area contributed by atoms with E-state index in [1.807, 2.05) is 0 Å². The van der Waals surface area contributed by atoms with Gasteiger partial charge in [0, 0.05) is 16.5 Å². The zero-order valence-electron chi connectivity index (χ0n) is 21.4. The van der Waals surface area contributed by atoms with Crippen molar-refractivity contribution in [1.82, 2.24) is 4.57 Å². The summed E-state index contributed by atoms with van der Waals surface area (Å²) in [5, 5.41) is 11.8. The summed E-state index contributed by atoms with van der Waals surface area (Å²) < 4.78 is 20.2. The number of aromatic nitrogens is 1. The molecule has 12 heteroatoms. The minimum Gasteiger partial charge on any atom is -0.508 e. The molecule has 0 spiro atoms. The molecule has 1 fully saturated rings. The second-order valence-electron chi connectivity index (χ2n) is 9.52. The fourth-order valence-electron chi connectivity index (χ4n) is 5.16. The Hall–Kier alpha value is -4.42. The number of phenols is 1. The van der Waals surface area contributed by atoms with Crippen LogP contribution in [0, 0.1) is 11.7 Å². The number of hydrogen-bond donors (Lipinski definition) is 2. The van der Waals surface area contributed by atoms with E-state index in [4.69, 9.17) is 4.74 Å². The van der Waals surface area contributed by atoms with Crippen LogP contribution >= 0.6 is 23.1 Å². The second kappa shape index (κ2) is 10.5. The first-order valence-electron chi connectivity index (χ1n) is 12.5. The topological polar surface area (TPSA) is 118 Å². The van der Waals surface area contributed by atoms with Crippen molar-refractivity contribution in [2.75, 3.05) is 17.3 Å². The summed E-state index contributed by atoms with van der Waals surface area (Å²) in [5.41, 5.74) is 1.42. The van der Waals surface area contributed by atoms with Crippen molar-refractivity contribution in [2.45, 2.75) is 22.7 Å². The third-order valence-corrected chi connectivity index (χ3v) is 9.67. The summed E-state index contributed by atoms with van der Waals surface area (Å²) in [6.45, 7) is -0.310. The molecular weight excluding hydrogens is 569 g/mol. The van der Waals surface area contributed by atoms with Crippen LogP contribution < -0.4 is 19.8 Å². The summed E-state index contributed by atoms with van der Waals surface area (Å²) >= 11 is 2.04. The minimum absolute atomic E-state index is 0.0482. The molecule has 0 radical (unpaired) electrons. The van der Waals surface area contributed by atoms with E-state index in [1.165, 1.54) is 60.2 Å². The Kier molecular flexibility index (Phi) is 6.88. The lowest BCUT2D eigenvalue weighted by molar-refractivity contribution is -0.122. The van der Waals surface area contributed by atoms with Crippen molar-refractivity contribution >= 4 is 52.2 Å². The Morgan fingerprint density at radius 2 is 1.66 bits per heavy atom. The lowest BCUT2D eigenvalue weighted by Crippen LogP contribution is -2.33. The molecule has 41 heavy (non-hydrogen) atoms. The van der Waals surface area contributed by atoms with E-state index >= 15 is 0 Å². The highest BCUT2D eigenvalue weighted by Gasteiger charge is 2.56. The lowest BCUT2D eigenvalue weighted by atomic mass is 9.83. The van der Waals surface area contributed by atoms with Gasteiger partial charge in [0.2, 0.25) is 17.7 Å². The standard InChI is InChI=1S/C29H22FN3O6S2/c1-39-20-12-2-15(3-13-20)22-23-24(27(37)33(26(23)36)18-8-4-16(30)5-9-18)40-28-25(22)41-29(38)32(28)14-21(35)31-17-6-10-19(34)11-7-17/h2-13,22-24,34H,14H2,1H3,(H,31,35). The van der Waals surface area contributed by atoms with Crippen molar-refractivity contribution in [3.63, 3.8) is 0 Å². The fraction of sp³-hybridized carbons (Fsp3) is 0.172. The van der Waals surface area contributed by atoms with E-state index in [2.05, 4.69) is 5.32 Å². The van der Waals surface area contributed by atoms with Crippen LogP contribution in [0.2, 0.25) is 0 Å². The number of halogens is 1. The molecule has 3 aromatic carbocycles. The number of benzene rings is 3. The average Bonchev–Trinajstić information content (AvgIpc) is 3.41. The van der Waals surface area contributed by atoms with Gasteiger partial charge in [-0.05, 0) is 66.2 Å². The van der Waals surface area contributed by atoms with Gasteiger partial charge in [0.25, 0.3) is 0 Å². The molecule has 2 aliphatic rings. The quantitative estimate of drug-likeness (QED) is 0.255. The number of nitrogens with one attached hydrogen (secondary N) is 1. The van der Waals surface area contributed by atoms with Gasteiger partial charge in [-0.15, -0.1) is 0 Å².